The number of likely N-dealkylation sites (N-methyl/N-ethyl adjacent to an activating group) is 1. The van der Waals surface area contributed by atoms with Gasteiger partial charge >= 0.3 is 0 Å². The van der Waals surface area contributed by atoms with Crippen molar-refractivity contribution in [2.45, 2.75) is 19.0 Å². The summed E-state index contributed by atoms with van der Waals surface area (Å²) in [6.45, 7) is -0.359. The van der Waals surface area contributed by atoms with E-state index in [2.05, 4.69) is 5.32 Å². The Morgan fingerprint density at radius 1 is 0.917 bits per heavy atom. The standard InChI is InChI=1S/C27H31N3O5S/c1-28-27(32)25(18-21-11-6-4-7-12-21)29(19-22-13-10-16-24(17-22)35-2)26(31)20-30(36(3,33)34)23-14-8-5-9-15-23/h4-17,25H,18-20H2,1-3H3,(H,28,32)/t25-/m1/s1. The third-order valence-electron chi connectivity index (χ3n) is 5.73. The summed E-state index contributed by atoms with van der Waals surface area (Å²) in [5.41, 5.74) is 1.99. The maximum Gasteiger partial charge on any atom is 0.244 e. The molecule has 0 bridgehead atoms. The van der Waals surface area contributed by atoms with Crippen LogP contribution in [-0.2, 0) is 32.6 Å². The van der Waals surface area contributed by atoms with Crippen molar-refractivity contribution >= 4 is 27.5 Å². The van der Waals surface area contributed by atoms with Crippen LogP contribution in [0.3, 0.4) is 0 Å². The van der Waals surface area contributed by atoms with E-state index in [4.69, 9.17) is 4.74 Å². The molecule has 0 fully saturated rings. The van der Waals surface area contributed by atoms with Gasteiger partial charge in [0, 0.05) is 20.0 Å². The zero-order valence-electron chi connectivity index (χ0n) is 20.6. The van der Waals surface area contributed by atoms with Gasteiger partial charge in [-0.2, -0.15) is 0 Å². The van der Waals surface area contributed by atoms with Gasteiger partial charge in [0.25, 0.3) is 0 Å². The number of hydrogen-bond acceptors (Lipinski definition) is 5. The minimum atomic E-state index is -3.78. The van der Waals surface area contributed by atoms with Crippen LogP contribution in [0.25, 0.3) is 0 Å². The number of ether oxygens (including phenoxy) is 1. The lowest BCUT2D eigenvalue weighted by molar-refractivity contribution is -0.139. The Hall–Kier alpha value is -3.85. The van der Waals surface area contributed by atoms with E-state index in [0.29, 0.717) is 11.4 Å². The first kappa shape index (κ1) is 26.7. The molecule has 0 saturated heterocycles. The molecule has 3 aromatic rings. The molecule has 190 valence electrons. The van der Waals surface area contributed by atoms with E-state index in [1.54, 1.807) is 55.6 Å². The number of benzene rings is 3. The van der Waals surface area contributed by atoms with Gasteiger partial charge in [0.05, 0.1) is 19.1 Å². The topological polar surface area (TPSA) is 96.0 Å². The molecule has 0 radical (unpaired) electrons. The number of rotatable bonds is 11. The fraction of sp³-hybridized carbons (Fsp3) is 0.259. The first-order chi connectivity index (χ1) is 17.2. The monoisotopic (exact) mass is 509 g/mol. The summed E-state index contributed by atoms with van der Waals surface area (Å²) in [6, 6.07) is 24.1. The molecule has 0 saturated carbocycles. The smallest absolute Gasteiger partial charge is 0.244 e. The zero-order valence-corrected chi connectivity index (χ0v) is 21.4. The number of carbonyl (C=O) groups excluding carboxylic acids is 2. The van der Waals surface area contributed by atoms with Crippen LogP contribution in [0.15, 0.2) is 84.9 Å². The second-order valence-corrected chi connectivity index (χ2v) is 10.2. The average Bonchev–Trinajstić information content (AvgIpc) is 2.89. The molecule has 0 aliphatic rings. The Bertz CT molecular complexity index is 1270. The van der Waals surface area contributed by atoms with Crippen molar-refractivity contribution in [2.75, 3.05) is 31.3 Å². The molecule has 0 aliphatic heterocycles. The van der Waals surface area contributed by atoms with Crippen LogP contribution in [0, 0.1) is 0 Å². The molecule has 9 heteroatoms. The van der Waals surface area contributed by atoms with E-state index >= 15 is 0 Å². The van der Waals surface area contributed by atoms with Crippen LogP contribution < -0.4 is 14.4 Å². The summed E-state index contributed by atoms with van der Waals surface area (Å²) >= 11 is 0. The van der Waals surface area contributed by atoms with Crippen LogP contribution in [0.2, 0.25) is 0 Å². The minimum Gasteiger partial charge on any atom is -0.497 e. The van der Waals surface area contributed by atoms with Gasteiger partial charge in [-0.1, -0.05) is 60.7 Å². The number of sulfonamides is 1. The Morgan fingerprint density at radius 3 is 2.11 bits per heavy atom. The average molecular weight is 510 g/mol. The fourth-order valence-electron chi connectivity index (χ4n) is 3.90. The molecule has 0 unspecified atom stereocenters. The second-order valence-electron chi connectivity index (χ2n) is 8.30. The SMILES string of the molecule is CNC(=O)[C@@H](Cc1ccccc1)N(Cc1cccc(OC)c1)C(=O)CN(c1ccccc1)S(C)(=O)=O. The van der Waals surface area contributed by atoms with E-state index < -0.39 is 28.5 Å². The maximum absolute atomic E-state index is 13.8. The third kappa shape index (κ3) is 7.08. The van der Waals surface area contributed by atoms with Crippen molar-refractivity contribution < 1.29 is 22.7 Å². The fourth-order valence-corrected chi connectivity index (χ4v) is 4.75. The van der Waals surface area contributed by atoms with Gasteiger partial charge in [0.2, 0.25) is 21.8 Å². The van der Waals surface area contributed by atoms with E-state index in [1.165, 1.54) is 11.9 Å². The molecule has 0 heterocycles. The molecular formula is C27H31N3O5S. The number of nitrogens with one attached hydrogen (secondary N) is 1. The normalized spacial score (nSPS) is 11.9. The first-order valence-corrected chi connectivity index (χ1v) is 13.3. The minimum absolute atomic E-state index is 0.0906. The highest BCUT2D eigenvalue weighted by Crippen LogP contribution is 2.21. The molecule has 8 nitrogen and oxygen atoms in total. The number of carbonyl (C=O) groups is 2. The Morgan fingerprint density at radius 2 is 1.53 bits per heavy atom. The van der Waals surface area contributed by atoms with Crippen molar-refractivity contribution in [3.8, 4) is 5.75 Å². The van der Waals surface area contributed by atoms with Gasteiger partial charge in [-0.25, -0.2) is 8.42 Å². The van der Waals surface area contributed by atoms with Crippen LogP contribution >= 0.6 is 0 Å². The van der Waals surface area contributed by atoms with E-state index in [-0.39, 0.29) is 18.9 Å². The summed E-state index contributed by atoms with van der Waals surface area (Å²) in [5, 5.41) is 2.65. The number of methoxy groups -OCH3 is 1. The van der Waals surface area contributed by atoms with Gasteiger partial charge in [-0.05, 0) is 35.4 Å². The molecule has 36 heavy (non-hydrogen) atoms. The first-order valence-electron chi connectivity index (χ1n) is 11.4. The number of nitrogens with zero attached hydrogens (tertiary/aromatic N) is 2. The number of para-hydroxylation sites is 1. The van der Waals surface area contributed by atoms with Crippen LogP contribution in [0.5, 0.6) is 5.75 Å². The summed E-state index contributed by atoms with van der Waals surface area (Å²) in [6.07, 6.45) is 1.32. The summed E-state index contributed by atoms with van der Waals surface area (Å²) < 4.78 is 31.7. The number of anilines is 1. The Balaban J connectivity index is 2.02. The lowest BCUT2D eigenvalue weighted by Crippen LogP contribution is -2.52. The third-order valence-corrected chi connectivity index (χ3v) is 6.87. The summed E-state index contributed by atoms with van der Waals surface area (Å²) in [5.74, 6) is -0.237. The predicted molar refractivity (Wildman–Crippen MR) is 140 cm³/mol. The molecular weight excluding hydrogens is 478 g/mol. The van der Waals surface area contributed by atoms with Gasteiger partial charge in [0.15, 0.2) is 0 Å². The highest BCUT2D eigenvalue weighted by Gasteiger charge is 2.32. The molecule has 2 amide bonds. The van der Waals surface area contributed by atoms with Gasteiger partial charge in [-0.3, -0.25) is 13.9 Å². The van der Waals surface area contributed by atoms with Gasteiger partial charge in [-0.15, -0.1) is 0 Å². The largest absolute Gasteiger partial charge is 0.497 e. The quantitative estimate of drug-likeness (QED) is 0.429. The van der Waals surface area contributed by atoms with Crippen LogP contribution in [0.4, 0.5) is 5.69 Å². The highest BCUT2D eigenvalue weighted by molar-refractivity contribution is 7.92. The van der Waals surface area contributed by atoms with Crippen molar-refractivity contribution in [3.05, 3.63) is 96.1 Å². The molecule has 1 atom stereocenters. The van der Waals surface area contributed by atoms with Gasteiger partial charge in [0.1, 0.15) is 18.3 Å². The summed E-state index contributed by atoms with van der Waals surface area (Å²) in [4.78, 5) is 28.3. The highest BCUT2D eigenvalue weighted by atomic mass is 32.2. The maximum atomic E-state index is 13.8. The lowest BCUT2D eigenvalue weighted by atomic mass is 10.0. The van der Waals surface area contributed by atoms with Crippen molar-refractivity contribution in [3.63, 3.8) is 0 Å². The Labute approximate surface area is 212 Å². The molecule has 1 N–H and O–H groups in total. The van der Waals surface area contributed by atoms with Crippen LogP contribution in [-0.4, -0.2) is 58.1 Å². The Kier molecular flexibility index (Phi) is 9.08. The van der Waals surface area contributed by atoms with E-state index in [9.17, 15) is 18.0 Å². The molecule has 3 aromatic carbocycles. The molecule has 0 aliphatic carbocycles. The zero-order chi connectivity index (χ0) is 26.1. The number of hydrogen-bond donors (Lipinski definition) is 1. The second kappa shape index (κ2) is 12.2. The predicted octanol–water partition coefficient (Wildman–Crippen LogP) is 2.85. The molecule has 3 rings (SSSR count). The lowest BCUT2D eigenvalue weighted by Gasteiger charge is -2.33. The molecule has 0 spiro atoms. The van der Waals surface area contributed by atoms with Crippen molar-refractivity contribution in [1.29, 1.82) is 0 Å². The molecule has 0 aromatic heterocycles. The van der Waals surface area contributed by atoms with Gasteiger partial charge < -0.3 is 15.0 Å². The van der Waals surface area contributed by atoms with E-state index in [1.807, 2.05) is 36.4 Å². The van der Waals surface area contributed by atoms with Crippen LogP contribution in [0.1, 0.15) is 11.1 Å². The number of amides is 2. The van der Waals surface area contributed by atoms with Crippen molar-refractivity contribution in [1.82, 2.24) is 10.2 Å². The summed E-state index contributed by atoms with van der Waals surface area (Å²) in [7, 11) is -0.710. The van der Waals surface area contributed by atoms with E-state index in [0.717, 1.165) is 21.7 Å². The van der Waals surface area contributed by atoms with Crippen molar-refractivity contribution in [2.24, 2.45) is 0 Å².